The van der Waals surface area contributed by atoms with Crippen LogP contribution in [0.25, 0.3) is 0 Å². The molecular weight excluding hydrogens is 483 g/mol. The molecule has 2 heterocycles. The lowest BCUT2D eigenvalue weighted by Gasteiger charge is -2.38. The van der Waals surface area contributed by atoms with Gasteiger partial charge in [-0.15, -0.1) is 6.42 Å². The summed E-state index contributed by atoms with van der Waals surface area (Å²) in [4.78, 5) is 11.7. The normalized spacial score (nSPS) is 23.4. The molecule has 1 amide bonds. The summed E-state index contributed by atoms with van der Waals surface area (Å²) < 4.78 is 54.1. The molecule has 2 aliphatic heterocycles. The minimum Gasteiger partial charge on any atom is -0.453 e. The fourth-order valence-corrected chi connectivity index (χ4v) is 7.23. The fourth-order valence-electron chi connectivity index (χ4n) is 5.13. The Balaban J connectivity index is 1.61. The number of ether oxygens (including phenoxy) is 2. The Labute approximate surface area is 212 Å². The van der Waals surface area contributed by atoms with E-state index in [1.54, 1.807) is 24.3 Å². The van der Waals surface area contributed by atoms with Gasteiger partial charge in [0.05, 0.1) is 13.2 Å². The zero-order chi connectivity index (χ0) is 25.8. The molecule has 0 bridgehead atoms. The Morgan fingerprint density at radius 3 is 2.58 bits per heavy atom. The minimum absolute atomic E-state index is 0.150. The van der Waals surface area contributed by atoms with Gasteiger partial charge in [0.25, 0.3) is 0 Å². The average molecular weight is 515 g/mol. The van der Waals surface area contributed by atoms with Gasteiger partial charge >= 0.3 is 6.09 Å². The van der Waals surface area contributed by atoms with Crippen LogP contribution in [0.5, 0.6) is 0 Å². The molecule has 0 aromatic heterocycles. The number of rotatable bonds is 6. The van der Waals surface area contributed by atoms with E-state index in [1.165, 1.54) is 17.5 Å². The molecule has 0 spiro atoms. The molecule has 9 heteroatoms. The van der Waals surface area contributed by atoms with Gasteiger partial charge < -0.3 is 14.8 Å². The van der Waals surface area contributed by atoms with Crippen LogP contribution >= 0.6 is 0 Å². The Morgan fingerprint density at radius 2 is 1.94 bits per heavy atom. The first-order valence-corrected chi connectivity index (χ1v) is 13.5. The Morgan fingerprint density at radius 1 is 1.22 bits per heavy atom. The van der Waals surface area contributed by atoms with Gasteiger partial charge in [-0.05, 0) is 42.9 Å². The molecule has 7 nitrogen and oxygen atoms in total. The van der Waals surface area contributed by atoms with Crippen LogP contribution in [0.2, 0.25) is 0 Å². The van der Waals surface area contributed by atoms with Gasteiger partial charge in [-0.2, -0.15) is 4.31 Å². The van der Waals surface area contributed by atoms with Gasteiger partial charge in [-0.25, -0.2) is 17.6 Å². The third kappa shape index (κ3) is 5.26. The minimum atomic E-state index is -3.81. The van der Waals surface area contributed by atoms with Gasteiger partial charge in [0, 0.05) is 37.3 Å². The second kappa shape index (κ2) is 11.0. The van der Waals surface area contributed by atoms with Crippen LogP contribution in [0, 0.1) is 18.2 Å². The summed E-state index contributed by atoms with van der Waals surface area (Å²) in [5, 5.41) is 2.02. The predicted octanol–water partition coefficient (Wildman–Crippen LogP) is 3.90. The quantitative estimate of drug-likeness (QED) is 0.591. The number of halogens is 1. The van der Waals surface area contributed by atoms with E-state index in [-0.39, 0.29) is 18.7 Å². The molecule has 2 aliphatic rings. The zero-order valence-corrected chi connectivity index (χ0v) is 21.1. The fraction of sp³-hybridized carbons (Fsp3) is 0.444. The molecular formula is C27H31FN2O5S. The van der Waals surface area contributed by atoms with Gasteiger partial charge in [0.15, 0.2) is 0 Å². The molecule has 2 saturated heterocycles. The zero-order valence-electron chi connectivity index (χ0n) is 20.3. The topological polar surface area (TPSA) is 84.9 Å². The van der Waals surface area contributed by atoms with Crippen LogP contribution in [0.1, 0.15) is 47.6 Å². The summed E-state index contributed by atoms with van der Waals surface area (Å²) in [6, 6.07) is 13.3. The van der Waals surface area contributed by atoms with Gasteiger partial charge in [-0.3, -0.25) is 0 Å². The van der Waals surface area contributed by atoms with Crippen LogP contribution in [-0.2, 0) is 31.5 Å². The summed E-state index contributed by atoms with van der Waals surface area (Å²) in [7, 11) is -2.52. The third-order valence-corrected chi connectivity index (χ3v) is 9.56. The number of carbonyl (C=O) groups excluding carboxylic acids is 1. The first-order chi connectivity index (χ1) is 17.3. The van der Waals surface area contributed by atoms with Crippen LogP contribution in [-0.4, -0.2) is 51.7 Å². The summed E-state index contributed by atoms with van der Waals surface area (Å²) >= 11 is 0. The van der Waals surface area contributed by atoms with E-state index in [4.69, 9.17) is 15.9 Å². The molecule has 0 saturated carbocycles. The molecule has 0 radical (unpaired) electrons. The molecule has 2 aromatic carbocycles. The SMILES string of the molecule is C#C[C@H]1CC[C@H](c2ccccc2)S(=O)(=O)N1Cc1ccc(C2(CNC(=O)OC)CCOCC2)cc1F. The van der Waals surface area contributed by atoms with Crippen molar-refractivity contribution >= 4 is 16.1 Å². The first kappa shape index (κ1) is 26.1. The Bertz CT molecular complexity index is 1220. The van der Waals surface area contributed by atoms with Crippen molar-refractivity contribution in [2.45, 2.75) is 48.9 Å². The van der Waals surface area contributed by atoms with E-state index in [9.17, 15) is 13.2 Å². The number of hydrogen-bond donors (Lipinski definition) is 1. The third-order valence-electron chi connectivity index (χ3n) is 7.30. The standard InChI is InChI=1S/C27H31FN2O5S/c1-3-23-11-12-25(20-7-5-4-6-8-20)36(32,33)30(23)18-21-9-10-22(17-24(21)28)27(13-15-35-16-14-27)19-29-26(31)34-2/h1,4-10,17,23,25H,11-16,18-19H2,2H3,(H,29,31)/t23-,25+/m0/s1. The number of nitrogens with one attached hydrogen (secondary N) is 1. The number of sulfonamides is 1. The predicted molar refractivity (Wildman–Crippen MR) is 134 cm³/mol. The molecule has 2 aromatic rings. The molecule has 192 valence electrons. The van der Waals surface area contributed by atoms with Crippen molar-refractivity contribution in [1.29, 1.82) is 0 Å². The number of amides is 1. The lowest BCUT2D eigenvalue weighted by Crippen LogP contribution is -2.46. The van der Waals surface area contributed by atoms with Gasteiger partial charge in [0.1, 0.15) is 11.1 Å². The van der Waals surface area contributed by atoms with Crippen molar-refractivity contribution in [3.8, 4) is 12.3 Å². The second-order valence-corrected chi connectivity index (χ2v) is 11.4. The van der Waals surface area contributed by atoms with Gasteiger partial charge in [0.2, 0.25) is 10.0 Å². The van der Waals surface area contributed by atoms with Crippen molar-refractivity contribution in [1.82, 2.24) is 9.62 Å². The number of nitrogens with zero attached hydrogens (tertiary/aromatic N) is 1. The number of benzene rings is 2. The molecule has 1 N–H and O–H groups in total. The summed E-state index contributed by atoms with van der Waals surface area (Å²) in [6.45, 7) is 1.11. The maximum Gasteiger partial charge on any atom is 0.406 e. The largest absolute Gasteiger partial charge is 0.453 e. The van der Waals surface area contributed by atoms with Crippen LogP contribution in [0.4, 0.5) is 9.18 Å². The van der Waals surface area contributed by atoms with E-state index in [0.29, 0.717) is 44.5 Å². The number of terminal acetylenes is 1. The molecule has 36 heavy (non-hydrogen) atoms. The van der Waals surface area contributed by atoms with E-state index >= 15 is 4.39 Å². The van der Waals surface area contributed by atoms with Crippen molar-refractivity contribution in [2.75, 3.05) is 26.9 Å². The molecule has 0 aliphatic carbocycles. The van der Waals surface area contributed by atoms with Gasteiger partial charge in [-0.1, -0.05) is 48.4 Å². The highest BCUT2D eigenvalue weighted by Crippen LogP contribution is 2.39. The van der Waals surface area contributed by atoms with Crippen molar-refractivity contribution in [2.24, 2.45) is 0 Å². The highest BCUT2D eigenvalue weighted by atomic mass is 32.2. The molecule has 0 unspecified atom stereocenters. The van der Waals surface area contributed by atoms with E-state index in [2.05, 4.69) is 11.2 Å². The van der Waals surface area contributed by atoms with E-state index in [0.717, 1.165) is 5.56 Å². The molecule has 4 rings (SSSR count). The van der Waals surface area contributed by atoms with Crippen LogP contribution in [0.3, 0.4) is 0 Å². The number of carbonyl (C=O) groups is 1. The van der Waals surface area contributed by atoms with Crippen LogP contribution in [0.15, 0.2) is 48.5 Å². The average Bonchev–Trinajstić information content (AvgIpc) is 2.90. The maximum absolute atomic E-state index is 15.5. The lowest BCUT2D eigenvalue weighted by molar-refractivity contribution is 0.0493. The molecule has 2 fully saturated rings. The monoisotopic (exact) mass is 514 g/mol. The Kier molecular flexibility index (Phi) is 7.98. The van der Waals surface area contributed by atoms with E-state index < -0.39 is 38.6 Å². The van der Waals surface area contributed by atoms with Crippen LogP contribution < -0.4 is 5.32 Å². The summed E-state index contributed by atoms with van der Waals surface area (Å²) in [5.41, 5.74) is 1.16. The molecule has 2 atom stereocenters. The lowest BCUT2D eigenvalue weighted by atomic mass is 9.74. The number of alkyl carbamates (subject to hydrolysis) is 1. The smallest absolute Gasteiger partial charge is 0.406 e. The first-order valence-electron chi connectivity index (χ1n) is 12.0. The number of hydrogen-bond acceptors (Lipinski definition) is 5. The summed E-state index contributed by atoms with van der Waals surface area (Å²) in [5.74, 6) is 2.07. The second-order valence-electron chi connectivity index (χ2n) is 9.29. The van der Waals surface area contributed by atoms with Crippen molar-refractivity contribution in [3.05, 3.63) is 71.0 Å². The summed E-state index contributed by atoms with van der Waals surface area (Å²) in [6.07, 6.45) is 7.26. The maximum atomic E-state index is 15.5. The van der Waals surface area contributed by atoms with Crippen molar-refractivity contribution < 1.29 is 27.1 Å². The van der Waals surface area contributed by atoms with E-state index in [1.807, 2.05) is 18.2 Å². The number of methoxy groups -OCH3 is 1. The van der Waals surface area contributed by atoms with Crippen molar-refractivity contribution in [3.63, 3.8) is 0 Å². The Hall–Kier alpha value is -2.93. The highest BCUT2D eigenvalue weighted by molar-refractivity contribution is 7.89. The highest BCUT2D eigenvalue weighted by Gasteiger charge is 2.42.